The van der Waals surface area contributed by atoms with Gasteiger partial charge in [-0.15, -0.1) is 0 Å². The standard InChI is InChI=1S/C11H21NO3/c1-3-11(5-4-6-11)8-12-7-10(2,15)9(13)14/h12,15H,3-8H2,1-2H3,(H,13,14). The van der Waals surface area contributed by atoms with Gasteiger partial charge in [0.15, 0.2) is 5.60 Å². The lowest BCUT2D eigenvalue weighted by Gasteiger charge is -2.42. The zero-order chi connectivity index (χ0) is 11.5. The first-order valence-corrected chi connectivity index (χ1v) is 5.58. The van der Waals surface area contributed by atoms with Crippen molar-refractivity contribution in [1.82, 2.24) is 5.32 Å². The summed E-state index contributed by atoms with van der Waals surface area (Å²) in [6.07, 6.45) is 4.82. The van der Waals surface area contributed by atoms with Crippen molar-refractivity contribution in [3.8, 4) is 0 Å². The van der Waals surface area contributed by atoms with Crippen molar-refractivity contribution in [3.63, 3.8) is 0 Å². The number of aliphatic hydroxyl groups is 1. The lowest BCUT2D eigenvalue weighted by atomic mass is 9.67. The summed E-state index contributed by atoms with van der Waals surface area (Å²) in [6.45, 7) is 4.41. The summed E-state index contributed by atoms with van der Waals surface area (Å²) in [5.74, 6) is -1.17. The third kappa shape index (κ3) is 2.92. The second-order valence-corrected chi connectivity index (χ2v) is 4.89. The Kier molecular flexibility index (Phi) is 3.73. The monoisotopic (exact) mass is 215 g/mol. The van der Waals surface area contributed by atoms with Crippen LogP contribution in [-0.4, -0.2) is 34.9 Å². The largest absolute Gasteiger partial charge is 0.479 e. The fourth-order valence-electron chi connectivity index (χ4n) is 1.98. The predicted octanol–water partition coefficient (Wildman–Crippen LogP) is 0.992. The molecule has 0 radical (unpaired) electrons. The molecule has 0 bridgehead atoms. The molecule has 1 rings (SSSR count). The number of aliphatic carboxylic acids is 1. The highest BCUT2D eigenvalue weighted by Crippen LogP contribution is 2.43. The third-order valence-electron chi connectivity index (χ3n) is 3.59. The van der Waals surface area contributed by atoms with Gasteiger partial charge in [0.25, 0.3) is 0 Å². The SMILES string of the molecule is CCC1(CNCC(C)(O)C(=O)O)CCC1. The topological polar surface area (TPSA) is 69.6 Å². The van der Waals surface area contributed by atoms with E-state index in [0.717, 1.165) is 13.0 Å². The summed E-state index contributed by atoms with van der Waals surface area (Å²) in [5.41, 5.74) is -1.30. The summed E-state index contributed by atoms with van der Waals surface area (Å²) in [5, 5.41) is 21.3. The van der Waals surface area contributed by atoms with E-state index in [1.165, 1.54) is 26.2 Å². The molecular weight excluding hydrogens is 194 g/mol. The van der Waals surface area contributed by atoms with E-state index in [2.05, 4.69) is 12.2 Å². The van der Waals surface area contributed by atoms with Crippen LogP contribution in [0.25, 0.3) is 0 Å². The van der Waals surface area contributed by atoms with E-state index < -0.39 is 11.6 Å². The van der Waals surface area contributed by atoms with Gasteiger partial charge in [-0.25, -0.2) is 4.79 Å². The molecule has 4 nitrogen and oxygen atoms in total. The molecular formula is C11H21NO3. The lowest BCUT2D eigenvalue weighted by molar-refractivity contribution is -0.156. The van der Waals surface area contributed by atoms with E-state index in [-0.39, 0.29) is 6.54 Å². The van der Waals surface area contributed by atoms with Gasteiger partial charge in [0.2, 0.25) is 0 Å². The molecule has 0 aromatic rings. The van der Waals surface area contributed by atoms with E-state index in [1.807, 2.05) is 0 Å². The number of carbonyl (C=O) groups is 1. The predicted molar refractivity (Wildman–Crippen MR) is 57.7 cm³/mol. The van der Waals surface area contributed by atoms with Gasteiger partial charge in [-0.05, 0) is 31.6 Å². The van der Waals surface area contributed by atoms with Gasteiger partial charge in [0.05, 0.1) is 0 Å². The smallest absolute Gasteiger partial charge is 0.336 e. The second kappa shape index (κ2) is 4.49. The maximum atomic E-state index is 10.6. The van der Waals surface area contributed by atoms with Crippen molar-refractivity contribution >= 4 is 5.97 Å². The molecule has 88 valence electrons. The lowest BCUT2D eigenvalue weighted by Crippen LogP contribution is -2.48. The second-order valence-electron chi connectivity index (χ2n) is 4.89. The Morgan fingerprint density at radius 3 is 2.47 bits per heavy atom. The van der Waals surface area contributed by atoms with Crippen molar-refractivity contribution in [2.24, 2.45) is 5.41 Å². The van der Waals surface area contributed by atoms with Crippen LogP contribution in [0.5, 0.6) is 0 Å². The first-order chi connectivity index (χ1) is 6.92. The number of carboxylic acids is 1. The molecule has 0 spiro atoms. The van der Waals surface area contributed by atoms with Crippen molar-refractivity contribution in [1.29, 1.82) is 0 Å². The molecule has 1 aliphatic carbocycles. The molecule has 0 heterocycles. The van der Waals surface area contributed by atoms with E-state index in [9.17, 15) is 9.90 Å². The van der Waals surface area contributed by atoms with Crippen LogP contribution in [0.2, 0.25) is 0 Å². The highest BCUT2D eigenvalue weighted by atomic mass is 16.4. The third-order valence-corrected chi connectivity index (χ3v) is 3.59. The van der Waals surface area contributed by atoms with Crippen LogP contribution >= 0.6 is 0 Å². The minimum atomic E-state index is -1.65. The molecule has 0 saturated heterocycles. The van der Waals surface area contributed by atoms with E-state index in [1.54, 1.807) is 0 Å². The Morgan fingerprint density at radius 1 is 1.53 bits per heavy atom. The number of nitrogens with one attached hydrogen (secondary N) is 1. The van der Waals surface area contributed by atoms with Gasteiger partial charge in [-0.1, -0.05) is 13.3 Å². The summed E-state index contributed by atoms with van der Waals surface area (Å²) in [7, 11) is 0. The van der Waals surface area contributed by atoms with Crippen LogP contribution < -0.4 is 5.32 Å². The van der Waals surface area contributed by atoms with Gasteiger partial charge < -0.3 is 15.5 Å². The Labute approximate surface area is 90.7 Å². The molecule has 15 heavy (non-hydrogen) atoms. The molecule has 1 atom stereocenters. The zero-order valence-corrected chi connectivity index (χ0v) is 9.55. The van der Waals surface area contributed by atoms with Gasteiger partial charge >= 0.3 is 5.97 Å². The van der Waals surface area contributed by atoms with E-state index >= 15 is 0 Å². The molecule has 0 aromatic carbocycles. The highest BCUT2D eigenvalue weighted by molar-refractivity contribution is 5.76. The first kappa shape index (κ1) is 12.5. The fourth-order valence-corrected chi connectivity index (χ4v) is 1.98. The van der Waals surface area contributed by atoms with Crippen LogP contribution in [0.1, 0.15) is 39.5 Å². The number of hydrogen-bond donors (Lipinski definition) is 3. The van der Waals surface area contributed by atoms with E-state index in [0.29, 0.717) is 5.41 Å². The van der Waals surface area contributed by atoms with E-state index in [4.69, 9.17) is 5.11 Å². The summed E-state index contributed by atoms with van der Waals surface area (Å²) in [6, 6.07) is 0. The number of rotatable bonds is 6. The normalized spacial score (nSPS) is 22.9. The van der Waals surface area contributed by atoms with Gasteiger partial charge in [0, 0.05) is 13.1 Å². The molecule has 0 aromatic heterocycles. The highest BCUT2D eigenvalue weighted by Gasteiger charge is 2.36. The Bertz CT molecular complexity index is 228. The van der Waals surface area contributed by atoms with Gasteiger partial charge in [0.1, 0.15) is 0 Å². The number of carboxylic acid groups (broad SMARTS) is 1. The first-order valence-electron chi connectivity index (χ1n) is 5.58. The Morgan fingerprint density at radius 2 is 2.13 bits per heavy atom. The van der Waals surface area contributed by atoms with Crippen LogP contribution in [0.15, 0.2) is 0 Å². The minimum absolute atomic E-state index is 0.115. The van der Waals surface area contributed by atoms with Gasteiger partial charge in [-0.3, -0.25) is 0 Å². The Balaban J connectivity index is 2.29. The molecule has 1 aliphatic rings. The summed E-state index contributed by atoms with van der Waals surface area (Å²) < 4.78 is 0. The summed E-state index contributed by atoms with van der Waals surface area (Å²) >= 11 is 0. The Hall–Kier alpha value is -0.610. The van der Waals surface area contributed by atoms with Crippen LogP contribution in [0.3, 0.4) is 0 Å². The van der Waals surface area contributed by atoms with Crippen LogP contribution in [0.4, 0.5) is 0 Å². The molecule has 1 fully saturated rings. The average molecular weight is 215 g/mol. The maximum absolute atomic E-state index is 10.6. The fraction of sp³-hybridized carbons (Fsp3) is 0.909. The van der Waals surface area contributed by atoms with Crippen molar-refractivity contribution in [3.05, 3.63) is 0 Å². The molecule has 0 aliphatic heterocycles. The van der Waals surface area contributed by atoms with Crippen LogP contribution in [0, 0.1) is 5.41 Å². The molecule has 3 N–H and O–H groups in total. The molecule has 4 heteroatoms. The van der Waals surface area contributed by atoms with Crippen molar-refractivity contribution in [2.75, 3.05) is 13.1 Å². The van der Waals surface area contributed by atoms with Crippen molar-refractivity contribution in [2.45, 2.75) is 45.1 Å². The molecule has 1 saturated carbocycles. The molecule has 1 unspecified atom stereocenters. The minimum Gasteiger partial charge on any atom is -0.479 e. The zero-order valence-electron chi connectivity index (χ0n) is 9.55. The molecule has 0 amide bonds. The van der Waals surface area contributed by atoms with Crippen molar-refractivity contribution < 1.29 is 15.0 Å². The average Bonchev–Trinajstić information content (AvgIpc) is 2.09. The quantitative estimate of drug-likeness (QED) is 0.618. The maximum Gasteiger partial charge on any atom is 0.336 e. The van der Waals surface area contributed by atoms with Gasteiger partial charge in [-0.2, -0.15) is 0 Å². The summed E-state index contributed by atoms with van der Waals surface area (Å²) in [4.78, 5) is 10.6. The van der Waals surface area contributed by atoms with Crippen LogP contribution in [-0.2, 0) is 4.79 Å². The number of hydrogen-bond acceptors (Lipinski definition) is 3.